The van der Waals surface area contributed by atoms with Crippen molar-refractivity contribution in [3.05, 3.63) is 30.2 Å². The van der Waals surface area contributed by atoms with E-state index in [2.05, 4.69) is 35.1 Å². The third-order valence-corrected chi connectivity index (χ3v) is 6.57. The number of nitrogens with one attached hydrogen (secondary N) is 2. The molecular formula is C19H20F3N7S. The summed E-state index contributed by atoms with van der Waals surface area (Å²) in [5.41, 5.74) is 0.00275. The molecule has 5 heterocycles. The Morgan fingerprint density at radius 3 is 2.93 bits per heavy atom. The van der Waals surface area contributed by atoms with Crippen molar-refractivity contribution < 1.29 is 13.2 Å². The Bertz CT molecular complexity index is 1050. The fourth-order valence-corrected chi connectivity index (χ4v) is 5.08. The zero-order valence-electron chi connectivity index (χ0n) is 16.0. The van der Waals surface area contributed by atoms with Crippen molar-refractivity contribution >= 4 is 29.0 Å². The molecule has 0 aromatic carbocycles. The molecule has 0 aliphatic carbocycles. The van der Waals surface area contributed by atoms with Crippen molar-refractivity contribution in [2.45, 2.75) is 41.4 Å². The quantitative estimate of drug-likeness (QED) is 0.652. The molecule has 2 atom stereocenters. The summed E-state index contributed by atoms with van der Waals surface area (Å²) in [6, 6.07) is 3.43. The molecule has 2 fully saturated rings. The number of anilines is 1. The van der Waals surface area contributed by atoms with Crippen LogP contribution < -0.4 is 10.2 Å². The Labute approximate surface area is 174 Å². The average molecular weight is 435 g/mol. The summed E-state index contributed by atoms with van der Waals surface area (Å²) in [6.45, 7) is 2.90. The Hall–Kier alpha value is -2.40. The molecular weight excluding hydrogens is 415 g/mol. The lowest BCUT2D eigenvalue weighted by atomic mass is 9.85. The summed E-state index contributed by atoms with van der Waals surface area (Å²) in [5, 5.41) is 3.95. The molecule has 2 aliphatic heterocycles. The summed E-state index contributed by atoms with van der Waals surface area (Å²) < 4.78 is 39.6. The fraction of sp³-hybridized carbons (Fsp3) is 0.474. The molecule has 0 amide bonds. The van der Waals surface area contributed by atoms with E-state index in [4.69, 9.17) is 0 Å². The van der Waals surface area contributed by atoms with Gasteiger partial charge in [0.1, 0.15) is 5.03 Å². The van der Waals surface area contributed by atoms with Gasteiger partial charge < -0.3 is 15.2 Å². The van der Waals surface area contributed by atoms with Crippen molar-refractivity contribution in [3.63, 3.8) is 0 Å². The summed E-state index contributed by atoms with van der Waals surface area (Å²) in [7, 11) is 0. The van der Waals surface area contributed by atoms with Crippen LogP contribution in [0.5, 0.6) is 0 Å². The average Bonchev–Trinajstić information content (AvgIpc) is 3.16. The van der Waals surface area contributed by atoms with Crippen LogP contribution in [0.4, 0.5) is 19.1 Å². The minimum Gasteiger partial charge on any atom is -0.342 e. The first kappa shape index (κ1) is 19.6. The second kappa shape index (κ2) is 7.69. The van der Waals surface area contributed by atoms with Crippen LogP contribution in [-0.2, 0) is 6.18 Å². The zero-order valence-corrected chi connectivity index (χ0v) is 16.8. The lowest BCUT2D eigenvalue weighted by molar-refractivity contribution is -0.143. The maximum atomic E-state index is 13.2. The lowest BCUT2D eigenvalue weighted by Gasteiger charge is -2.41. The van der Waals surface area contributed by atoms with Gasteiger partial charge in [-0.25, -0.2) is 9.97 Å². The van der Waals surface area contributed by atoms with Gasteiger partial charge in [-0.1, -0.05) is 11.8 Å². The summed E-state index contributed by atoms with van der Waals surface area (Å²) in [4.78, 5) is 22.2. The normalized spacial score (nSPS) is 22.3. The highest BCUT2D eigenvalue weighted by Gasteiger charge is 2.35. The number of imidazole rings is 1. The van der Waals surface area contributed by atoms with E-state index >= 15 is 0 Å². The van der Waals surface area contributed by atoms with E-state index in [1.807, 2.05) is 0 Å². The van der Waals surface area contributed by atoms with Crippen LogP contribution in [0.25, 0.3) is 11.3 Å². The van der Waals surface area contributed by atoms with Crippen LogP contribution in [0.2, 0.25) is 0 Å². The van der Waals surface area contributed by atoms with Gasteiger partial charge in [-0.05, 0) is 43.9 Å². The number of pyridine rings is 1. The van der Waals surface area contributed by atoms with Crippen molar-refractivity contribution in [1.82, 2.24) is 30.2 Å². The molecule has 3 aromatic rings. The minimum atomic E-state index is -4.53. The first-order valence-corrected chi connectivity index (χ1v) is 10.7. The number of fused-ring (bicyclic) bond motifs is 2. The summed E-state index contributed by atoms with van der Waals surface area (Å²) >= 11 is 0.890. The largest absolute Gasteiger partial charge is 0.434 e. The number of piperidine rings is 2. The Balaban J connectivity index is 1.37. The van der Waals surface area contributed by atoms with Gasteiger partial charge >= 0.3 is 6.18 Å². The number of hydrogen-bond donors (Lipinski definition) is 2. The van der Waals surface area contributed by atoms with Crippen molar-refractivity contribution in [3.8, 4) is 0 Å². The van der Waals surface area contributed by atoms with E-state index in [1.54, 1.807) is 0 Å². The molecule has 3 aromatic heterocycles. The van der Waals surface area contributed by atoms with Crippen molar-refractivity contribution in [1.29, 1.82) is 0 Å². The summed E-state index contributed by atoms with van der Waals surface area (Å²) in [6.07, 6.45) is 1.51. The number of aromatic nitrogens is 5. The highest BCUT2D eigenvalue weighted by Crippen LogP contribution is 2.37. The molecule has 5 rings (SSSR count). The topological polar surface area (TPSA) is 82.6 Å². The minimum absolute atomic E-state index is 0.00902. The van der Waals surface area contributed by atoms with Crippen LogP contribution in [0.1, 0.15) is 25.0 Å². The standard InChI is InChI=1S/C19H20F3N7S/c20-19(21,22)15-13(4-2-7-24-15)30-14-9-25-16-17(26-14)28-18(27-16)29-8-5-12-11(10-29)3-1-6-23-12/h2,4,7,9,11-12,23H,1,3,5-6,8,10H2,(H,25,26,27,28). The van der Waals surface area contributed by atoms with Crippen LogP contribution >= 0.6 is 11.8 Å². The second-order valence-corrected chi connectivity index (χ2v) is 8.65. The predicted molar refractivity (Wildman–Crippen MR) is 106 cm³/mol. The molecule has 0 radical (unpaired) electrons. The van der Waals surface area contributed by atoms with E-state index in [1.165, 1.54) is 31.2 Å². The number of halogens is 3. The first-order chi connectivity index (χ1) is 14.5. The van der Waals surface area contributed by atoms with Gasteiger partial charge in [0.15, 0.2) is 17.0 Å². The van der Waals surface area contributed by atoms with E-state index in [9.17, 15) is 13.2 Å². The first-order valence-electron chi connectivity index (χ1n) is 9.88. The molecule has 2 N–H and O–H groups in total. The van der Waals surface area contributed by atoms with Gasteiger partial charge in [0, 0.05) is 30.2 Å². The number of aromatic amines is 1. The van der Waals surface area contributed by atoms with Gasteiger partial charge in [-0.15, -0.1) is 0 Å². The van der Waals surface area contributed by atoms with Crippen molar-refractivity contribution in [2.24, 2.45) is 5.92 Å². The third kappa shape index (κ3) is 3.83. The fourth-order valence-electron chi connectivity index (χ4n) is 4.20. The van der Waals surface area contributed by atoms with E-state index < -0.39 is 11.9 Å². The van der Waals surface area contributed by atoms with Gasteiger partial charge in [-0.2, -0.15) is 18.2 Å². The summed E-state index contributed by atoms with van der Waals surface area (Å²) in [5.74, 6) is 1.31. The van der Waals surface area contributed by atoms with Gasteiger partial charge in [0.05, 0.1) is 6.20 Å². The van der Waals surface area contributed by atoms with Crippen LogP contribution in [0, 0.1) is 5.92 Å². The molecule has 0 bridgehead atoms. The number of alkyl halides is 3. The monoisotopic (exact) mass is 435 g/mol. The molecule has 2 unspecified atom stereocenters. The van der Waals surface area contributed by atoms with Gasteiger partial charge in [0.2, 0.25) is 5.95 Å². The smallest absolute Gasteiger partial charge is 0.342 e. The van der Waals surface area contributed by atoms with Crippen LogP contribution in [-0.4, -0.2) is 50.6 Å². The maximum absolute atomic E-state index is 13.2. The highest BCUT2D eigenvalue weighted by atomic mass is 32.2. The SMILES string of the molecule is FC(F)(F)c1ncccc1Sc1cnc2nc(N3CCC4NCCCC4C3)[nH]c2n1. The van der Waals surface area contributed by atoms with Gasteiger partial charge in [0.25, 0.3) is 0 Å². The molecule has 7 nitrogen and oxygen atoms in total. The number of hydrogen-bond acceptors (Lipinski definition) is 7. The molecule has 2 aliphatic rings. The van der Waals surface area contributed by atoms with Crippen molar-refractivity contribution in [2.75, 3.05) is 24.5 Å². The number of H-pyrrole nitrogens is 1. The Morgan fingerprint density at radius 1 is 1.17 bits per heavy atom. The molecule has 2 saturated heterocycles. The van der Waals surface area contributed by atoms with Gasteiger partial charge in [-0.3, -0.25) is 4.98 Å². The Morgan fingerprint density at radius 2 is 2.07 bits per heavy atom. The van der Waals surface area contributed by atoms with E-state index in [0.717, 1.165) is 44.0 Å². The lowest BCUT2D eigenvalue weighted by Crippen LogP contribution is -2.52. The third-order valence-electron chi connectivity index (χ3n) is 5.62. The molecule has 11 heteroatoms. The predicted octanol–water partition coefficient (Wildman–Crippen LogP) is 3.50. The van der Waals surface area contributed by atoms with E-state index in [-0.39, 0.29) is 4.90 Å². The van der Waals surface area contributed by atoms with E-state index in [0.29, 0.717) is 34.2 Å². The molecule has 0 spiro atoms. The molecule has 158 valence electrons. The highest BCUT2D eigenvalue weighted by molar-refractivity contribution is 7.99. The maximum Gasteiger partial charge on any atom is 0.434 e. The number of nitrogens with zero attached hydrogens (tertiary/aromatic N) is 5. The number of rotatable bonds is 3. The molecule has 0 saturated carbocycles. The van der Waals surface area contributed by atoms with Crippen LogP contribution in [0.15, 0.2) is 34.4 Å². The molecule has 30 heavy (non-hydrogen) atoms. The van der Waals surface area contributed by atoms with Crippen LogP contribution in [0.3, 0.4) is 0 Å². The Kier molecular flexibility index (Phi) is 5.02. The second-order valence-electron chi connectivity index (χ2n) is 7.59. The zero-order chi connectivity index (χ0) is 20.7.